The lowest BCUT2D eigenvalue weighted by Gasteiger charge is -2.34. The van der Waals surface area contributed by atoms with Crippen molar-refractivity contribution in [3.05, 3.63) is 37.1 Å². The SMILES string of the molecule is Cl.Cl.NCC1(C(=O)Nc2ccc(-n3ccnc3)nc2)CCOCC1. The maximum Gasteiger partial charge on any atom is 0.232 e. The van der Waals surface area contributed by atoms with Crippen molar-refractivity contribution < 1.29 is 9.53 Å². The van der Waals surface area contributed by atoms with Gasteiger partial charge in [0.15, 0.2) is 0 Å². The molecule has 0 aromatic carbocycles. The van der Waals surface area contributed by atoms with Crippen molar-refractivity contribution in [2.45, 2.75) is 12.8 Å². The second-order valence-corrected chi connectivity index (χ2v) is 5.43. The average Bonchev–Trinajstić information content (AvgIpc) is 3.10. The Morgan fingerprint density at radius 3 is 2.62 bits per heavy atom. The number of amides is 1. The number of carbonyl (C=O) groups is 1. The standard InChI is InChI=1S/C15H19N5O2.2ClH/c16-10-15(3-7-22-8-4-15)14(21)19-12-1-2-13(18-9-12)20-6-5-17-11-20;;/h1-2,5-6,9,11H,3-4,7-8,10,16H2,(H,19,21);2*1H. The Morgan fingerprint density at radius 2 is 2.08 bits per heavy atom. The molecule has 3 rings (SSSR count). The van der Waals surface area contributed by atoms with Gasteiger partial charge in [0.1, 0.15) is 12.1 Å². The third-order valence-electron chi connectivity index (χ3n) is 4.10. The van der Waals surface area contributed by atoms with Crippen LogP contribution in [0.4, 0.5) is 5.69 Å². The molecule has 0 radical (unpaired) electrons. The molecule has 132 valence electrons. The van der Waals surface area contributed by atoms with E-state index < -0.39 is 5.41 Å². The molecule has 3 N–H and O–H groups in total. The van der Waals surface area contributed by atoms with E-state index in [0.717, 1.165) is 5.82 Å². The number of anilines is 1. The van der Waals surface area contributed by atoms with Crippen LogP contribution in [0, 0.1) is 5.41 Å². The maximum absolute atomic E-state index is 12.5. The third-order valence-corrected chi connectivity index (χ3v) is 4.10. The molecule has 9 heteroatoms. The molecule has 0 aliphatic carbocycles. The molecule has 1 aliphatic rings. The van der Waals surface area contributed by atoms with Gasteiger partial charge in [-0.3, -0.25) is 9.36 Å². The fourth-order valence-electron chi connectivity index (χ4n) is 2.56. The Bertz CT molecular complexity index is 628. The first-order valence-corrected chi connectivity index (χ1v) is 7.27. The fraction of sp³-hybridized carbons (Fsp3) is 0.400. The zero-order valence-corrected chi connectivity index (χ0v) is 14.7. The molecule has 0 unspecified atom stereocenters. The summed E-state index contributed by atoms with van der Waals surface area (Å²) in [6.45, 7) is 1.47. The van der Waals surface area contributed by atoms with Gasteiger partial charge in [-0.25, -0.2) is 9.97 Å². The minimum atomic E-state index is -0.540. The van der Waals surface area contributed by atoms with Crippen LogP contribution in [-0.2, 0) is 9.53 Å². The molecular weight excluding hydrogens is 353 g/mol. The van der Waals surface area contributed by atoms with Crippen LogP contribution in [0.15, 0.2) is 37.1 Å². The number of nitrogens with zero attached hydrogens (tertiary/aromatic N) is 3. The second-order valence-electron chi connectivity index (χ2n) is 5.43. The van der Waals surface area contributed by atoms with Crippen LogP contribution in [-0.4, -0.2) is 40.2 Å². The van der Waals surface area contributed by atoms with E-state index in [1.54, 1.807) is 23.3 Å². The van der Waals surface area contributed by atoms with E-state index in [9.17, 15) is 4.79 Å². The molecule has 1 saturated heterocycles. The normalized spacial score (nSPS) is 15.7. The van der Waals surface area contributed by atoms with Crippen molar-refractivity contribution in [1.82, 2.24) is 14.5 Å². The molecule has 24 heavy (non-hydrogen) atoms. The minimum absolute atomic E-state index is 0. The predicted molar refractivity (Wildman–Crippen MR) is 96.0 cm³/mol. The summed E-state index contributed by atoms with van der Waals surface area (Å²) in [6.07, 6.45) is 8.11. The highest BCUT2D eigenvalue weighted by atomic mass is 35.5. The van der Waals surface area contributed by atoms with Crippen molar-refractivity contribution in [3.63, 3.8) is 0 Å². The van der Waals surface area contributed by atoms with Crippen LogP contribution in [0.5, 0.6) is 0 Å². The van der Waals surface area contributed by atoms with E-state index in [4.69, 9.17) is 10.5 Å². The Morgan fingerprint density at radius 1 is 1.33 bits per heavy atom. The highest BCUT2D eigenvalue weighted by molar-refractivity contribution is 5.95. The van der Waals surface area contributed by atoms with E-state index >= 15 is 0 Å². The average molecular weight is 374 g/mol. The molecule has 2 aromatic heterocycles. The summed E-state index contributed by atoms with van der Waals surface area (Å²) in [6, 6.07) is 3.65. The smallest absolute Gasteiger partial charge is 0.232 e. The molecule has 7 nitrogen and oxygen atoms in total. The number of pyridine rings is 1. The molecule has 3 heterocycles. The van der Waals surface area contributed by atoms with Crippen molar-refractivity contribution >= 4 is 36.4 Å². The van der Waals surface area contributed by atoms with Crippen LogP contribution in [0.25, 0.3) is 5.82 Å². The van der Waals surface area contributed by atoms with Crippen LogP contribution in [0.3, 0.4) is 0 Å². The van der Waals surface area contributed by atoms with Crippen LogP contribution < -0.4 is 11.1 Å². The van der Waals surface area contributed by atoms with Crippen LogP contribution in [0.1, 0.15) is 12.8 Å². The van der Waals surface area contributed by atoms with Gasteiger partial charge in [0.2, 0.25) is 5.91 Å². The van der Waals surface area contributed by atoms with Gasteiger partial charge in [0.25, 0.3) is 0 Å². The number of nitrogens with one attached hydrogen (secondary N) is 1. The van der Waals surface area contributed by atoms with Gasteiger partial charge in [0.05, 0.1) is 17.3 Å². The Balaban J connectivity index is 0.00000144. The van der Waals surface area contributed by atoms with Gasteiger partial charge < -0.3 is 15.8 Å². The first-order valence-electron chi connectivity index (χ1n) is 7.27. The highest BCUT2D eigenvalue weighted by Crippen LogP contribution is 2.30. The zero-order chi connectivity index (χ0) is 15.4. The van der Waals surface area contributed by atoms with Crippen LogP contribution >= 0.6 is 24.8 Å². The summed E-state index contributed by atoms with van der Waals surface area (Å²) in [5.41, 5.74) is 5.96. The van der Waals surface area contributed by atoms with E-state index in [1.807, 2.05) is 18.3 Å². The lowest BCUT2D eigenvalue weighted by Crippen LogP contribution is -2.46. The number of hydrogen-bond acceptors (Lipinski definition) is 5. The van der Waals surface area contributed by atoms with Crippen LogP contribution in [0.2, 0.25) is 0 Å². The first kappa shape index (κ1) is 20.4. The van der Waals surface area contributed by atoms with E-state index in [0.29, 0.717) is 38.3 Å². The van der Waals surface area contributed by atoms with Gasteiger partial charge >= 0.3 is 0 Å². The summed E-state index contributed by atoms with van der Waals surface area (Å²) in [5, 5.41) is 2.91. The van der Waals surface area contributed by atoms with Crippen molar-refractivity contribution in [3.8, 4) is 5.82 Å². The number of ether oxygens (including phenoxy) is 1. The monoisotopic (exact) mass is 373 g/mol. The summed E-state index contributed by atoms with van der Waals surface area (Å²) in [4.78, 5) is 20.8. The topological polar surface area (TPSA) is 95.1 Å². The Hall–Kier alpha value is -1.67. The number of imidazole rings is 1. The molecule has 0 atom stereocenters. The molecule has 1 amide bonds. The summed E-state index contributed by atoms with van der Waals surface area (Å²) < 4.78 is 7.12. The van der Waals surface area contributed by atoms with Gasteiger partial charge in [-0.1, -0.05) is 0 Å². The quantitative estimate of drug-likeness (QED) is 0.851. The lowest BCUT2D eigenvalue weighted by molar-refractivity contribution is -0.130. The van der Waals surface area contributed by atoms with Crippen molar-refractivity contribution in [2.24, 2.45) is 11.1 Å². The number of carbonyl (C=O) groups excluding carboxylic acids is 1. The summed E-state index contributed by atoms with van der Waals surface area (Å²) in [5.74, 6) is 0.686. The van der Waals surface area contributed by atoms with Crippen molar-refractivity contribution in [1.29, 1.82) is 0 Å². The number of rotatable bonds is 4. The molecule has 1 aliphatic heterocycles. The highest BCUT2D eigenvalue weighted by Gasteiger charge is 2.38. The predicted octanol–water partition coefficient (Wildman–Crippen LogP) is 1.80. The Labute approximate surface area is 152 Å². The molecule has 0 spiro atoms. The molecule has 1 fully saturated rings. The Kier molecular flexibility index (Phi) is 7.62. The van der Waals surface area contributed by atoms with E-state index in [2.05, 4.69) is 15.3 Å². The fourth-order valence-corrected chi connectivity index (χ4v) is 2.56. The van der Waals surface area contributed by atoms with E-state index in [-0.39, 0.29) is 30.7 Å². The molecule has 2 aromatic rings. The summed E-state index contributed by atoms with van der Waals surface area (Å²) >= 11 is 0. The number of halogens is 2. The molecular formula is C15H21Cl2N5O2. The maximum atomic E-state index is 12.5. The number of nitrogens with two attached hydrogens (primary N) is 1. The van der Waals surface area contributed by atoms with Gasteiger partial charge in [0, 0.05) is 32.2 Å². The van der Waals surface area contributed by atoms with Crippen molar-refractivity contribution in [2.75, 3.05) is 25.1 Å². The second kappa shape index (κ2) is 8.98. The minimum Gasteiger partial charge on any atom is -0.381 e. The number of hydrogen-bond donors (Lipinski definition) is 2. The molecule has 0 saturated carbocycles. The summed E-state index contributed by atoms with van der Waals surface area (Å²) in [7, 11) is 0. The largest absolute Gasteiger partial charge is 0.381 e. The first-order chi connectivity index (χ1) is 10.7. The third kappa shape index (κ3) is 4.24. The van der Waals surface area contributed by atoms with Gasteiger partial charge in [-0.2, -0.15) is 0 Å². The molecule has 0 bridgehead atoms. The lowest BCUT2D eigenvalue weighted by atomic mass is 9.79. The van der Waals surface area contributed by atoms with Gasteiger partial charge in [-0.05, 0) is 25.0 Å². The van der Waals surface area contributed by atoms with Gasteiger partial charge in [-0.15, -0.1) is 24.8 Å². The van der Waals surface area contributed by atoms with E-state index in [1.165, 1.54) is 0 Å². The number of aromatic nitrogens is 3. The zero-order valence-electron chi connectivity index (χ0n) is 13.1.